The van der Waals surface area contributed by atoms with Crippen LogP contribution in [0.5, 0.6) is 0 Å². The molecule has 0 unspecified atom stereocenters. The van der Waals surface area contributed by atoms with Gasteiger partial charge in [-0.1, -0.05) is 12.1 Å². The average Bonchev–Trinajstić information content (AvgIpc) is 3.25. The zero-order valence-electron chi connectivity index (χ0n) is 19.2. The predicted molar refractivity (Wildman–Crippen MR) is 127 cm³/mol. The van der Waals surface area contributed by atoms with Crippen molar-refractivity contribution in [3.05, 3.63) is 59.7 Å². The molecule has 0 atom stereocenters. The Bertz CT molecular complexity index is 1410. The van der Waals surface area contributed by atoms with E-state index in [0.29, 0.717) is 24.4 Å². The molecular weight excluding hydrogens is 500 g/mol. The van der Waals surface area contributed by atoms with Gasteiger partial charge in [0, 0.05) is 24.5 Å². The molecule has 0 amide bonds. The standard InChI is InChI=1S/C24H21F6N7/c25-23(26,27)14-6-4-8-16(12-14)31-21-33-18-19(34-21)35-22(36-20(18)37-10-2-1-3-11-37)32-17-9-5-7-15(13-17)24(28,29)30/h4-9,12-13H,1-3,10-11H2,(H3,31,32,33,34,35,36). The van der Waals surface area contributed by atoms with Crippen molar-refractivity contribution in [1.29, 1.82) is 0 Å². The van der Waals surface area contributed by atoms with Crippen molar-refractivity contribution < 1.29 is 26.3 Å². The molecule has 1 fully saturated rings. The molecule has 37 heavy (non-hydrogen) atoms. The number of fused-ring (bicyclic) bond motifs is 1. The summed E-state index contributed by atoms with van der Waals surface area (Å²) in [5.74, 6) is 0.687. The van der Waals surface area contributed by atoms with Crippen molar-refractivity contribution in [2.75, 3.05) is 28.6 Å². The molecule has 5 rings (SSSR count). The number of hydrogen-bond donors (Lipinski definition) is 3. The quantitative estimate of drug-likeness (QED) is 0.249. The van der Waals surface area contributed by atoms with Crippen LogP contribution in [0.2, 0.25) is 0 Å². The number of alkyl halides is 6. The smallest absolute Gasteiger partial charge is 0.355 e. The highest BCUT2D eigenvalue weighted by molar-refractivity contribution is 5.87. The van der Waals surface area contributed by atoms with Crippen molar-refractivity contribution in [2.45, 2.75) is 31.6 Å². The van der Waals surface area contributed by atoms with Gasteiger partial charge in [-0.05, 0) is 55.7 Å². The fourth-order valence-corrected chi connectivity index (χ4v) is 4.14. The topological polar surface area (TPSA) is 81.8 Å². The zero-order valence-corrected chi connectivity index (χ0v) is 19.2. The van der Waals surface area contributed by atoms with E-state index in [4.69, 9.17) is 0 Å². The monoisotopic (exact) mass is 521 g/mol. The van der Waals surface area contributed by atoms with Crippen LogP contribution in [0.3, 0.4) is 0 Å². The van der Waals surface area contributed by atoms with Crippen LogP contribution in [0.4, 0.5) is 55.4 Å². The number of rotatable bonds is 5. The predicted octanol–water partition coefficient (Wildman–Crippen LogP) is 6.87. The fraction of sp³-hybridized carbons (Fsp3) is 0.292. The molecule has 13 heteroatoms. The van der Waals surface area contributed by atoms with E-state index < -0.39 is 23.5 Å². The number of nitrogens with zero attached hydrogens (tertiary/aromatic N) is 4. The molecule has 0 radical (unpaired) electrons. The van der Waals surface area contributed by atoms with Crippen molar-refractivity contribution in [2.24, 2.45) is 0 Å². The van der Waals surface area contributed by atoms with Gasteiger partial charge in [0.05, 0.1) is 11.1 Å². The van der Waals surface area contributed by atoms with Crippen LogP contribution >= 0.6 is 0 Å². The first kappa shape index (κ1) is 24.7. The van der Waals surface area contributed by atoms with Crippen LogP contribution < -0.4 is 15.5 Å². The number of hydrogen-bond acceptors (Lipinski definition) is 6. The molecule has 0 spiro atoms. The first-order valence-corrected chi connectivity index (χ1v) is 11.5. The lowest BCUT2D eigenvalue weighted by atomic mass is 10.1. The van der Waals surface area contributed by atoms with Gasteiger partial charge >= 0.3 is 12.4 Å². The second-order valence-corrected chi connectivity index (χ2v) is 8.61. The van der Waals surface area contributed by atoms with Crippen LogP contribution in [-0.2, 0) is 12.4 Å². The van der Waals surface area contributed by atoms with E-state index in [-0.39, 0.29) is 28.9 Å². The lowest BCUT2D eigenvalue weighted by Gasteiger charge is -2.28. The van der Waals surface area contributed by atoms with Gasteiger partial charge < -0.3 is 20.5 Å². The summed E-state index contributed by atoms with van der Waals surface area (Å²) < 4.78 is 78.7. The van der Waals surface area contributed by atoms with Gasteiger partial charge in [0.15, 0.2) is 17.0 Å². The normalized spacial score (nSPS) is 14.7. The second kappa shape index (κ2) is 9.45. The van der Waals surface area contributed by atoms with Gasteiger partial charge in [-0.25, -0.2) is 4.98 Å². The molecule has 2 aromatic heterocycles. The summed E-state index contributed by atoms with van der Waals surface area (Å²) in [5.41, 5.74) is -0.631. The Hall–Kier alpha value is -4.03. The molecule has 7 nitrogen and oxygen atoms in total. The van der Waals surface area contributed by atoms with E-state index in [9.17, 15) is 26.3 Å². The number of aromatic amines is 1. The highest BCUT2D eigenvalue weighted by Gasteiger charge is 2.31. The molecule has 194 valence electrons. The fourth-order valence-electron chi connectivity index (χ4n) is 4.14. The lowest BCUT2D eigenvalue weighted by Crippen LogP contribution is -2.30. The van der Waals surface area contributed by atoms with Crippen molar-refractivity contribution >= 4 is 40.3 Å². The summed E-state index contributed by atoms with van der Waals surface area (Å²) in [6, 6.07) is 9.36. The first-order valence-electron chi connectivity index (χ1n) is 11.5. The Labute approximate surface area is 206 Å². The van der Waals surface area contributed by atoms with Crippen LogP contribution in [0.15, 0.2) is 48.5 Å². The summed E-state index contributed by atoms with van der Waals surface area (Å²) in [5, 5.41) is 5.66. The number of aromatic nitrogens is 4. The minimum absolute atomic E-state index is 0.0571. The van der Waals surface area contributed by atoms with Crippen LogP contribution in [-0.4, -0.2) is 33.0 Å². The van der Waals surface area contributed by atoms with E-state index in [2.05, 4.69) is 30.6 Å². The maximum absolute atomic E-state index is 13.1. The average molecular weight is 521 g/mol. The summed E-state index contributed by atoms with van der Waals surface area (Å²) in [6.45, 7) is 1.41. The molecular formula is C24H21F6N7. The van der Waals surface area contributed by atoms with Crippen LogP contribution in [0.1, 0.15) is 30.4 Å². The first-order chi connectivity index (χ1) is 17.6. The zero-order chi connectivity index (χ0) is 26.2. The molecule has 1 aliphatic heterocycles. The number of imidazole rings is 1. The lowest BCUT2D eigenvalue weighted by molar-refractivity contribution is -0.138. The van der Waals surface area contributed by atoms with Crippen molar-refractivity contribution in [3.8, 4) is 0 Å². The van der Waals surface area contributed by atoms with Crippen LogP contribution in [0, 0.1) is 0 Å². The van der Waals surface area contributed by atoms with Gasteiger partial charge in [-0.3, -0.25) is 0 Å². The molecule has 4 aromatic rings. The maximum Gasteiger partial charge on any atom is 0.416 e. The summed E-state index contributed by atoms with van der Waals surface area (Å²) in [4.78, 5) is 18.3. The summed E-state index contributed by atoms with van der Waals surface area (Å²) in [6.07, 6.45) is -6.08. The Morgan fingerprint density at radius 1 is 0.730 bits per heavy atom. The summed E-state index contributed by atoms with van der Waals surface area (Å²) >= 11 is 0. The number of halogens is 6. The third kappa shape index (κ3) is 5.54. The Kier molecular flexibility index (Phi) is 6.30. The third-order valence-corrected chi connectivity index (χ3v) is 5.88. The molecule has 1 aliphatic rings. The largest absolute Gasteiger partial charge is 0.416 e. The van der Waals surface area contributed by atoms with E-state index in [0.717, 1.165) is 43.5 Å². The number of nitrogens with one attached hydrogen (secondary N) is 3. The SMILES string of the molecule is FC(F)(F)c1cccc(Nc2nc(N3CCCCC3)c3nc(Nc4cccc(C(F)(F)F)c4)[nH]c3n2)c1. The van der Waals surface area contributed by atoms with E-state index in [1.807, 2.05) is 4.90 Å². The van der Waals surface area contributed by atoms with Gasteiger partial charge in [0.1, 0.15) is 0 Å². The highest BCUT2D eigenvalue weighted by atomic mass is 19.4. The number of anilines is 5. The Morgan fingerprint density at radius 3 is 1.92 bits per heavy atom. The van der Waals surface area contributed by atoms with Crippen molar-refractivity contribution in [3.63, 3.8) is 0 Å². The molecule has 0 aliphatic carbocycles. The molecule has 1 saturated heterocycles. The van der Waals surface area contributed by atoms with Gasteiger partial charge in [0.25, 0.3) is 0 Å². The van der Waals surface area contributed by atoms with E-state index in [1.54, 1.807) is 0 Å². The summed E-state index contributed by atoms with van der Waals surface area (Å²) in [7, 11) is 0. The number of piperidine rings is 1. The Balaban J connectivity index is 1.51. The number of benzene rings is 2. The molecule has 3 heterocycles. The molecule has 3 N–H and O–H groups in total. The van der Waals surface area contributed by atoms with E-state index >= 15 is 0 Å². The van der Waals surface area contributed by atoms with Crippen LogP contribution in [0.25, 0.3) is 11.2 Å². The second-order valence-electron chi connectivity index (χ2n) is 8.61. The Morgan fingerprint density at radius 2 is 1.32 bits per heavy atom. The van der Waals surface area contributed by atoms with E-state index in [1.165, 1.54) is 24.3 Å². The minimum Gasteiger partial charge on any atom is -0.355 e. The van der Waals surface area contributed by atoms with Gasteiger partial charge in [-0.2, -0.15) is 36.3 Å². The van der Waals surface area contributed by atoms with Gasteiger partial charge in [-0.15, -0.1) is 0 Å². The molecule has 0 bridgehead atoms. The highest BCUT2D eigenvalue weighted by Crippen LogP contribution is 2.34. The van der Waals surface area contributed by atoms with Crippen molar-refractivity contribution in [1.82, 2.24) is 19.9 Å². The minimum atomic E-state index is -4.51. The number of H-pyrrole nitrogens is 1. The maximum atomic E-state index is 13.1. The molecule has 2 aromatic carbocycles. The molecule has 0 saturated carbocycles. The van der Waals surface area contributed by atoms with Gasteiger partial charge in [0.2, 0.25) is 11.9 Å². The third-order valence-electron chi connectivity index (χ3n) is 5.88.